The molecule has 4 N–H and O–H groups in total. The van der Waals surface area contributed by atoms with Crippen molar-refractivity contribution in [2.24, 2.45) is 17.4 Å². The van der Waals surface area contributed by atoms with Crippen molar-refractivity contribution in [3.63, 3.8) is 0 Å². The molecular formula is C13H18N4O2. The van der Waals surface area contributed by atoms with Gasteiger partial charge in [0.25, 0.3) is 5.91 Å². The smallest absolute Gasteiger partial charge is 0.272 e. The molecule has 6 heteroatoms. The number of nitrogens with zero attached hydrogens (tertiary/aromatic N) is 2. The van der Waals surface area contributed by atoms with Gasteiger partial charge in [0.05, 0.1) is 5.56 Å². The molecule has 19 heavy (non-hydrogen) atoms. The minimum absolute atomic E-state index is 0.101. The largest absolute Gasteiger partial charge is 0.366 e. The molecule has 1 aliphatic rings. The van der Waals surface area contributed by atoms with E-state index in [-0.39, 0.29) is 5.91 Å². The summed E-state index contributed by atoms with van der Waals surface area (Å²) in [6.45, 7) is 2.12. The van der Waals surface area contributed by atoms with Crippen LogP contribution in [-0.4, -0.2) is 41.3 Å². The van der Waals surface area contributed by atoms with E-state index in [1.807, 2.05) is 0 Å². The Morgan fingerprint density at radius 3 is 2.79 bits per heavy atom. The van der Waals surface area contributed by atoms with Crippen molar-refractivity contribution in [1.29, 1.82) is 0 Å². The number of rotatable bonds is 4. The van der Waals surface area contributed by atoms with Crippen molar-refractivity contribution in [3.8, 4) is 0 Å². The van der Waals surface area contributed by atoms with E-state index in [2.05, 4.69) is 4.98 Å². The van der Waals surface area contributed by atoms with Gasteiger partial charge >= 0.3 is 0 Å². The molecular weight excluding hydrogens is 244 g/mol. The zero-order valence-electron chi connectivity index (χ0n) is 10.7. The fourth-order valence-electron chi connectivity index (χ4n) is 2.32. The number of aromatic nitrogens is 1. The second-order valence-corrected chi connectivity index (χ2v) is 4.78. The maximum absolute atomic E-state index is 12.2. The van der Waals surface area contributed by atoms with Crippen LogP contribution in [0.15, 0.2) is 18.3 Å². The van der Waals surface area contributed by atoms with E-state index in [1.165, 1.54) is 12.3 Å². The van der Waals surface area contributed by atoms with Crippen LogP contribution in [0, 0.1) is 5.92 Å². The van der Waals surface area contributed by atoms with Gasteiger partial charge in [-0.25, -0.2) is 0 Å². The third-order valence-electron chi connectivity index (χ3n) is 3.42. The summed E-state index contributed by atoms with van der Waals surface area (Å²) in [5, 5.41) is 0. The molecule has 0 saturated carbocycles. The highest BCUT2D eigenvalue weighted by Crippen LogP contribution is 2.20. The number of amides is 2. The fourth-order valence-corrected chi connectivity index (χ4v) is 2.32. The SMILES string of the molecule is NCCC1CCN(C(=O)c2ccc(C(N)=O)cn2)C1. The summed E-state index contributed by atoms with van der Waals surface area (Å²) in [7, 11) is 0. The van der Waals surface area contributed by atoms with Crippen LogP contribution in [-0.2, 0) is 0 Å². The summed E-state index contributed by atoms with van der Waals surface area (Å²) in [6, 6.07) is 3.06. The van der Waals surface area contributed by atoms with Crippen LogP contribution in [0.25, 0.3) is 0 Å². The first-order valence-corrected chi connectivity index (χ1v) is 6.37. The van der Waals surface area contributed by atoms with Gasteiger partial charge in [-0.1, -0.05) is 0 Å². The number of carbonyl (C=O) groups is 2. The number of nitrogens with two attached hydrogens (primary N) is 2. The lowest BCUT2D eigenvalue weighted by atomic mass is 10.1. The molecule has 1 aromatic rings. The van der Waals surface area contributed by atoms with Crippen molar-refractivity contribution >= 4 is 11.8 Å². The van der Waals surface area contributed by atoms with Gasteiger partial charge in [-0.3, -0.25) is 14.6 Å². The van der Waals surface area contributed by atoms with E-state index in [9.17, 15) is 9.59 Å². The number of primary amides is 1. The lowest BCUT2D eigenvalue weighted by Crippen LogP contribution is -2.29. The molecule has 2 rings (SSSR count). The summed E-state index contributed by atoms with van der Waals surface area (Å²) in [5.41, 5.74) is 11.3. The number of hydrogen-bond acceptors (Lipinski definition) is 4. The van der Waals surface area contributed by atoms with E-state index in [4.69, 9.17) is 11.5 Å². The molecule has 1 fully saturated rings. The molecule has 1 unspecified atom stereocenters. The number of pyridine rings is 1. The van der Waals surface area contributed by atoms with Gasteiger partial charge in [0.1, 0.15) is 5.69 Å². The van der Waals surface area contributed by atoms with Crippen molar-refractivity contribution in [2.75, 3.05) is 19.6 Å². The van der Waals surface area contributed by atoms with E-state index in [0.29, 0.717) is 23.7 Å². The summed E-state index contributed by atoms with van der Waals surface area (Å²) < 4.78 is 0. The monoisotopic (exact) mass is 262 g/mol. The lowest BCUT2D eigenvalue weighted by Gasteiger charge is -2.15. The van der Waals surface area contributed by atoms with E-state index in [0.717, 1.165) is 25.9 Å². The van der Waals surface area contributed by atoms with Crippen LogP contribution in [0.3, 0.4) is 0 Å². The summed E-state index contributed by atoms with van der Waals surface area (Å²) in [4.78, 5) is 28.9. The highest BCUT2D eigenvalue weighted by Gasteiger charge is 2.26. The third-order valence-corrected chi connectivity index (χ3v) is 3.42. The van der Waals surface area contributed by atoms with Gasteiger partial charge in [-0.2, -0.15) is 0 Å². The lowest BCUT2D eigenvalue weighted by molar-refractivity contribution is 0.0780. The van der Waals surface area contributed by atoms with Crippen LogP contribution >= 0.6 is 0 Å². The molecule has 0 radical (unpaired) electrons. The van der Waals surface area contributed by atoms with Crippen molar-refractivity contribution in [3.05, 3.63) is 29.6 Å². The average molecular weight is 262 g/mol. The first kappa shape index (κ1) is 13.5. The van der Waals surface area contributed by atoms with Crippen LogP contribution < -0.4 is 11.5 Å². The Morgan fingerprint density at radius 2 is 2.21 bits per heavy atom. The van der Waals surface area contributed by atoms with Crippen LogP contribution in [0.2, 0.25) is 0 Å². The Balaban J connectivity index is 2.02. The molecule has 1 aliphatic heterocycles. The van der Waals surface area contributed by atoms with Gasteiger partial charge < -0.3 is 16.4 Å². The van der Waals surface area contributed by atoms with Gasteiger partial charge in [0, 0.05) is 19.3 Å². The predicted octanol–water partition coefficient (Wildman–Crippen LogP) is -0.00860. The van der Waals surface area contributed by atoms with E-state index < -0.39 is 5.91 Å². The summed E-state index contributed by atoms with van der Waals surface area (Å²) in [6.07, 6.45) is 3.27. The van der Waals surface area contributed by atoms with Crippen molar-refractivity contribution < 1.29 is 9.59 Å². The Kier molecular flexibility index (Phi) is 4.11. The number of hydrogen-bond donors (Lipinski definition) is 2. The molecule has 0 aliphatic carbocycles. The zero-order valence-corrected chi connectivity index (χ0v) is 10.7. The minimum Gasteiger partial charge on any atom is -0.366 e. The second-order valence-electron chi connectivity index (χ2n) is 4.78. The maximum atomic E-state index is 12.2. The molecule has 0 aromatic carbocycles. The van der Waals surface area contributed by atoms with Crippen LogP contribution in [0.4, 0.5) is 0 Å². The molecule has 0 bridgehead atoms. The maximum Gasteiger partial charge on any atom is 0.272 e. The van der Waals surface area contributed by atoms with Crippen LogP contribution in [0.1, 0.15) is 33.7 Å². The molecule has 1 atom stereocenters. The third kappa shape index (κ3) is 3.08. The van der Waals surface area contributed by atoms with Crippen molar-refractivity contribution in [2.45, 2.75) is 12.8 Å². The molecule has 2 heterocycles. The molecule has 2 amide bonds. The Hall–Kier alpha value is -1.95. The predicted molar refractivity (Wildman–Crippen MR) is 70.4 cm³/mol. The Morgan fingerprint density at radius 1 is 1.42 bits per heavy atom. The van der Waals surface area contributed by atoms with Crippen molar-refractivity contribution in [1.82, 2.24) is 9.88 Å². The molecule has 102 valence electrons. The normalized spacial score (nSPS) is 18.6. The molecule has 1 saturated heterocycles. The van der Waals surface area contributed by atoms with Crippen LogP contribution in [0.5, 0.6) is 0 Å². The molecule has 1 aromatic heterocycles. The molecule has 0 spiro atoms. The first-order valence-electron chi connectivity index (χ1n) is 6.37. The van der Waals surface area contributed by atoms with E-state index in [1.54, 1.807) is 11.0 Å². The topological polar surface area (TPSA) is 102 Å². The first-order chi connectivity index (χ1) is 9.11. The van der Waals surface area contributed by atoms with Gasteiger partial charge in [0.15, 0.2) is 0 Å². The van der Waals surface area contributed by atoms with Gasteiger partial charge in [-0.15, -0.1) is 0 Å². The quantitative estimate of drug-likeness (QED) is 0.796. The minimum atomic E-state index is -0.546. The Labute approximate surface area is 111 Å². The van der Waals surface area contributed by atoms with E-state index >= 15 is 0 Å². The summed E-state index contributed by atoms with van der Waals surface area (Å²) >= 11 is 0. The fraction of sp³-hybridized carbons (Fsp3) is 0.462. The zero-order chi connectivity index (χ0) is 13.8. The second kappa shape index (κ2) is 5.79. The highest BCUT2D eigenvalue weighted by molar-refractivity contribution is 5.95. The molecule has 6 nitrogen and oxygen atoms in total. The number of likely N-dealkylation sites (tertiary alicyclic amines) is 1. The Bertz CT molecular complexity index is 472. The average Bonchev–Trinajstić information content (AvgIpc) is 2.87. The standard InChI is InChI=1S/C13H18N4O2/c14-5-3-9-4-6-17(8-9)13(19)11-2-1-10(7-16-11)12(15)18/h1-2,7,9H,3-6,8,14H2,(H2,15,18). The highest BCUT2D eigenvalue weighted by atomic mass is 16.2. The summed E-state index contributed by atoms with van der Waals surface area (Å²) in [5.74, 6) is -0.162. The number of carbonyl (C=O) groups excluding carboxylic acids is 2. The van der Waals surface area contributed by atoms with Gasteiger partial charge in [-0.05, 0) is 37.4 Å². The van der Waals surface area contributed by atoms with Gasteiger partial charge in [0.2, 0.25) is 5.91 Å².